The number of benzene rings is 2. The number of fused-ring (bicyclic) bond motifs is 1. The molecule has 3 rings (SSSR count). The Balaban J connectivity index is 1.55. The molecule has 0 aromatic heterocycles. The Morgan fingerprint density at radius 1 is 1.09 bits per heavy atom. The molecule has 1 aliphatic rings. The molecule has 0 radical (unpaired) electrons. The first-order valence-electron chi connectivity index (χ1n) is 11.9. The maximum atomic E-state index is 13.2. The van der Waals surface area contributed by atoms with Crippen molar-refractivity contribution in [3.8, 4) is 0 Å². The van der Waals surface area contributed by atoms with Gasteiger partial charge in [0.05, 0.1) is 11.5 Å². The summed E-state index contributed by atoms with van der Waals surface area (Å²) in [4.78, 5) is 24.8. The summed E-state index contributed by atoms with van der Waals surface area (Å²) in [5, 5.41) is 7.61. The van der Waals surface area contributed by atoms with Crippen molar-refractivity contribution in [1.82, 2.24) is 14.9 Å². The van der Waals surface area contributed by atoms with Gasteiger partial charge >= 0.3 is 6.09 Å². The van der Waals surface area contributed by atoms with Gasteiger partial charge in [-0.2, -0.15) is 4.31 Å². The summed E-state index contributed by atoms with van der Waals surface area (Å²) in [6.45, 7) is 7.03. The minimum atomic E-state index is -3.62. The molecular formula is C25H35N3O5S. The number of carbonyl (C=O) groups excluding carboxylic acids is 2. The lowest BCUT2D eigenvalue weighted by Gasteiger charge is -2.31. The van der Waals surface area contributed by atoms with Gasteiger partial charge in [-0.3, -0.25) is 4.79 Å². The van der Waals surface area contributed by atoms with Crippen molar-refractivity contribution >= 4 is 32.8 Å². The molecule has 0 aliphatic carbocycles. The van der Waals surface area contributed by atoms with Crippen LogP contribution in [0, 0.1) is 11.8 Å². The van der Waals surface area contributed by atoms with Gasteiger partial charge in [-0.1, -0.05) is 44.2 Å². The van der Waals surface area contributed by atoms with Gasteiger partial charge in [0.1, 0.15) is 0 Å². The highest BCUT2D eigenvalue weighted by Crippen LogP contribution is 2.26. The second-order valence-electron chi connectivity index (χ2n) is 9.12. The van der Waals surface area contributed by atoms with E-state index in [-0.39, 0.29) is 29.4 Å². The Bertz CT molecular complexity index is 1090. The second kappa shape index (κ2) is 11.7. The molecule has 1 unspecified atom stereocenters. The van der Waals surface area contributed by atoms with Crippen molar-refractivity contribution in [2.24, 2.45) is 11.8 Å². The quantitative estimate of drug-likeness (QED) is 0.561. The molecule has 9 heteroatoms. The molecule has 1 atom stereocenters. The van der Waals surface area contributed by atoms with E-state index in [0.29, 0.717) is 44.8 Å². The highest BCUT2D eigenvalue weighted by Gasteiger charge is 2.32. The van der Waals surface area contributed by atoms with Crippen LogP contribution in [0.3, 0.4) is 0 Å². The molecule has 8 nitrogen and oxygen atoms in total. The van der Waals surface area contributed by atoms with Crippen LogP contribution in [0.25, 0.3) is 10.8 Å². The number of nitrogens with zero attached hydrogens (tertiary/aromatic N) is 1. The van der Waals surface area contributed by atoms with Crippen molar-refractivity contribution in [3.05, 3.63) is 42.5 Å². The maximum absolute atomic E-state index is 13.2. The fourth-order valence-corrected chi connectivity index (χ4v) is 5.81. The third kappa shape index (κ3) is 6.70. The fraction of sp³-hybridized carbons (Fsp3) is 0.520. The number of nitrogens with one attached hydrogen (secondary N) is 2. The Hall–Kier alpha value is -2.65. The van der Waals surface area contributed by atoms with Crippen LogP contribution in [-0.2, 0) is 19.6 Å². The third-order valence-corrected chi connectivity index (χ3v) is 7.95. The lowest BCUT2D eigenvalue weighted by Crippen LogP contribution is -2.47. The first-order valence-corrected chi connectivity index (χ1v) is 13.3. The number of piperidine rings is 1. The first kappa shape index (κ1) is 26.0. The summed E-state index contributed by atoms with van der Waals surface area (Å²) in [5.41, 5.74) is 0. The first-order chi connectivity index (χ1) is 16.2. The van der Waals surface area contributed by atoms with Gasteiger partial charge in [0, 0.05) is 31.6 Å². The summed E-state index contributed by atoms with van der Waals surface area (Å²) in [7, 11) is -3.62. The van der Waals surface area contributed by atoms with Crippen LogP contribution in [0.2, 0.25) is 0 Å². The number of hydrogen-bond acceptors (Lipinski definition) is 5. The second-order valence-corrected chi connectivity index (χ2v) is 11.1. The van der Waals surface area contributed by atoms with Crippen LogP contribution in [0.1, 0.15) is 40.0 Å². The summed E-state index contributed by atoms with van der Waals surface area (Å²) < 4.78 is 32.7. The molecule has 186 valence electrons. The number of alkyl carbamates (subject to hydrolysis) is 1. The Morgan fingerprint density at radius 3 is 2.41 bits per heavy atom. The van der Waals surface area contributed by atoms with Crippen molar-refractivity contribution < 1.29 is 22.7 Å². The molecule has 0 saturated carbocycles. The normalized spacial score (nSPS) is 16.4. The predicted molar refractivity (Wildman–Crippen MR) is 132 cm³/mol. The Morgan fingerprint density at radius 2 is 1.76 bits per heavy atom. The van der Waals surface area contributed by atoms with Gasteiger partial charge in [-0.05, 0) is 55.0 Å². The van der Waals surface area contributed by atoms with Crippen molar-refractivity contribution in [2.75, 3.05) is 26.2 Å². The van der Waals surface area contributed by atoms with Crippen LogP contribution in [0.5, 0.6) is 0 Å². The van der Waals surface area contributed by atoms with Gasteiger partial charge in [0.2, 0.25) is 15.9 Å². The number of hydrogen-bond donors (Lipinski definition) is 2. The zero-order valence-electron chi connectivity index (χ0n) is 20.1. The standard InChI is InChI=1S/C25H35N3O5S/c1-4-33-25(30)27-22(15-18(2)3)17-26-24(29)20-11-13-28(14-12-20)34(31,32)23-10-9-19-7-5-6-8-21(19)16-23/h5-10,16,18,20,22H,4,11-15,17H2,1-3H3,(H,26,29)(H,27,30). The minimum Gasteiger partial charge on any atom is -0.450 e. The summed E-state index contributed by atoms with van der Waals surface area (Å²) in [5.74, 6) is -0.0279. The monoisotopic (exact) mass is 489 g/mol. The third-order valence-electron chi connectivity index (χ3n) is 6.06. The topological polar surface area (TPSA) is 105 Å². The highest BCUT2D eigenvalue weighted by atomic mass is 32.2. The summed E-state index contributed by atoms with van der Waals surface area (Å²) in [6, 6.07) is 12.6. The number of amides is 2. The Kier molecular flexibility index (Phi) is 8.90. The van der Waals surface area contributed by atoms with E-state index in [1.807, 2.05) is 44.2 Å². The summed E-state index contributed by atoms with van der Waals surface area (Å²) >= 11 is 0. The zero-order valence-corrected chi connectivity index (χ0v) is 20.9. The van der Waals surface area contributed by atoms with E-state index in [0.717, 1.165) is 10.8 Å². The molecule has 1 saturated heterocycles. The number of carbonyl (C=O) groups is 2. The lowest BCUT2D eigenvalue weighted by atomic mass is 9.97. The van der Waals surface area contributed by atoms with E-state index in [2.05, 4.69) is 10.6 Å². The highest BCUT2D eigenvalue weighted by molar-refractivity contribution is 7.89. The molecule has 34 heavy (non-hydrogen) atoms. The van der Waals surface area contributed by atoms with Gasteiger partial charge in [0.15, 0.2) is 0 Å². The van der Waals surface area contributed by atoms with Crippen molar-refractivity contribution in [1.29, 1.82) is 0 Å². The molecule has 0 spiro atoms. The number of ether oxygens (including phenoxy) is 1. The average molecular weight is 490 g/mol. The van der Waals surface area contributed by atoms with E-state index >= 15 is 0 Å². The maximum Gasteiger partial charge on any atom is 0.407 e. The van der Waals surface area contributed by atoms with E-state index < -0.39 is 16.1 Å². The molecule has 1 aliphatic heterocycles. The van der Waals surface area contributed by atoms with E-state index in [1.165, 1.54) is 4.31 Å². The van der Waals surface area contributed by atoms with Gasteiger partial charge < -0.3 is 15.4 Å². The molecule has 2 N–H and O–H groups in total. The van der Waals surface area contributed by atoms with Gasteiger partial charge in [-0.15, -0.1) is 0 Å². The SMILES string of the molecule is CCOC(=O)NC(CNC(=O)C1CCN(S(=O)(=O)c2ccc3ccccc3c2)CC1)CC(C)C. The predicted octanol–water partition coefficient (Wildman–Crippen LogP) is 3.52. The molecule has 2 aromatic carbocycles. The van der Waals surface area contributed by atoms with Crippen molar-refractivity contribution in [2.45, 2.75) is 51.0 Å². The fourth-order valence-electron chi connectivity index (χ4n) is 4.31. The lowest BCUT2D eigenvalue weighted by molar-refractivity contribution is -0.126. The smallest absolute Gasteiger partial charge is 0.407 e. The van der Waals surface area contributed by atoms with Gasteiger partial charge in [0.25, 0.3) is 0 Å². The number of rotatable bonds is 9. The van der Waals surface area contributed by atoms with Crippen molar-refractivity contribution in [3.63, 3.8) is 0 Å². The summed E-state index contributed by atoms with van der Waals surface area (Å²) in [6.07, 6.45) is 1.13. The molecular weight excluding hydrogens is 454 g/mol. The van der Waals surface area contributed by atoms with Crippen LogP contribution >= 0.6 is 0 Å². The number of sulfonamides is 1. The van der Waals surface area contributed by atoms with E-state index in [1.54, 1.807) is 19.1 Å². The van der Waals surface area contributed by atoms with Crippen LogP contribution in [-0.4, -0.2) is 57.0 Å². The molecule has 2 aromatic rings. The molecule has 2 amide bonds. The van der Waals surface area contributed by atoms with Crippen LogP contribution in [0.15, 0.2) is 47.4 Å². The van der Waals surface area contributed by atoms with Gasteiger partial charge in [-0.25, -0.2) is 13.2 Å². The molecule has 1 heterocycles. The minimum absolute atomic E-state index is 0.109. The van der Waals surface area contributed by atoms with E-state index in [9.17, 15) is 18.0 Å². The average Bonchev–Trinajstić information content (AvgIpc) is 2.82. The Labute approximate surface area is 202 Å². The van der Waals surface area contributed by atoms with Crippen LogP contribution < -0.4 is 10.6 Å². The molecule has 1 fully saturated rings. The largest absolute Gasteiger partial charge is 0.450 e. The molecule has 0 bridgehead atoms. The zero-order chi connectivity index (χ0) is 24.7. The van der Waals surface area contributed by atoms with Crippen LogP contribution in [0.4, 0.5) is 4.79 Å². The van der Waals surface area contributed by atoms with E-state index in [4.69, 9.17) is 4.74 Å².